The maximum absolute atomic E-state index is 11.8. The van der Waals surface area contributed by atoms with E-state index < -0.39 is 6.10 Å². The molecule has 1 N–H and O–H groups in total. The Balaban J connectivity index is 2.39. The Morgan fingerprint density at radius 3 is 2.72 bits per heavy atom. The summed E-state index contributed by atoms with van der Waals surface area (Å²) >= 11 is 0. The van der Waals surface area contributed by atoms with Crippen molar-refractivity contribution in [2.75, 3.05) is 20.2 Å². The van der Waals surface area contributed by atoms with E-state index in [1.54, 1.807) is 18.9 Å². The number of carbonyl (C=O) groups is 1. The molecule has 0 saturated heterocycles. The third-order valence-corrected chi connectivity index (χ3v) is 2.75. The predicted molar refractivity (Wildman–Crippen MR) is 70.6 cm³/mol. The van der Waals surface area contributed by atoms with E-state index in [0.717, 1.165) is 11.3 Å². The lowest BCUT2D eigenvalue weighted by Gasteiger charge is -2.18. The molecule has 0 aromatic heterocycles. The number of carbonyl (C=O) groups excluding carboxylic acids is 1. The van der Waals surface area contributed by atoms with Gasteiger partial charge >= 0.3 is 0 Å². The second-order valence-electron chi connectivity index (χ2n) is 4.51. The van der Waals surface area contributed by atoms with E-state index in [0.29, 0.717) is 13.0 Å². The first kappa shape index (κ1) is 14.5. The van der Waals surface area contributed by atoms with E-state index in [-0.39, 0.29) is 12.5 Å². The van der Waals surface area contributed by atoms with E-state index in [1.165, 1.54) is 0 Å². The topological polar surface area (TPSA) is 49.8 Å². The van der Waals surface area contributed by atoms with Crippen molar-refractivity contribution >= 4 is 5.91 Å². The number of amides is 1. The van der Waals surface area contributed by atoms with Gasteiger partial charge in [-0.3, -0.25) is 4.79 Å². The minimum atomic E-state index is -0.391. The molecule has 1 aromatic carbocycles. The standard InChI is InChI=1S/C14H21NO3/c1-11-6-4-5-7-13(11)18-10-14(17)15(3)9-8-12(2)16/h4-7,12,16H,8-10H2,1-3H3. The normalized spacial score (nSPS) is 12.0. The van der Waals surface area contributed by atoms with Crippen LogP contribution in [0.15, 0.2) is 24.3 Å². The molecule has 0 heterocycles. The number of likely N-dealkylation sites (N-methyl/N-ethyl adjacent to an activating group) is 1. The maximum atomic E-state index is 11.8. The first-order chi connectivity index (χ1) is 8.50. The van der Waals surface area contributed by atoms with Crippen LogP contribution in [-0.4, -0.2) is 42.2 Å². The number of aliphatic hydroxyl groups is 1. The Morgan fingerprint density at radius 2 is 2.11 bits per heavy atom. The van der Waals surface area contributed by atoms with Crippen LogP contribution >= 0.6 is 0 Å². The molecule has 1 aromatic rings. The van der Waals surface area contributed by atoms with Crippen LogP contribution in [0.5, 0.6) is 5.75 Å². The summed E-state index contributed by atoms with van der Waals surface area (Å²) in [5.41, 5.74) is 1.01. The third kappa shape index (κ3) is 4.75. The first-order valence-electron chi connectivity index (χ1n) is 6.11. The number of aliphatic hydroxyl groups excluding tert-OH is 1. The van der Waals surface area contributed by atoms with Crippen LogP contribution in [0.1, 0.15) is 18.9 Å². The monoisotopic (exact) mass is 251 g/mol. The summed E-state index contributed by atoms with van der Waals surface area (Å²) in [5.74, 6) is 0.647. The zero-order chi connectivity index (χ0) is 13.5. The van der Waals surface area contributed by atoms with Crippen LogP contribution in [0, 0.1) is 6.92 Å². The molecular weight excluding hydrogens is 230 g/mol. The molecule has 0 aliphatic heterocycles. The molecule has 0 saturated carbocycles. The molecule has 1 atom stereocenters. The van der Waals surface area contributed by atoms with Gasteiger partial charge in [-0.25, -0.2) is 0 Å². The fraction of sp³-hybridized carbons (Fsp3) is 0.500. The van der Waals surface area contributed by atoms with Crippen molar-refractivity contribution in [3.63, 3.8) is 0 Å². The molecule has 1 rings (SSSR count). The van der Waals surface area contributed by atoms with Crippen LogP contribution in [-0.2, 0) is 4.79 Å². The van der Waals surface area contributed by atoms with Crippen LogP contribution in [0.4, 0.5) is 0 Å². The summed E-state index contributed by atoms with van der Waals surface area (Å²) in [5, 5.41) is 9.16. The van der Waals surface area contributed by atoms with Crippen molar-refractivity contribution in [3.8, 4) is 5.75 Å². The highest BCUT2D eigenvalue weighted by atomic mass is 16.5. The fourth-order valence-corrected chi connectivity index (χ4v) is 1.47. The zero-order valence-corrected chi connectivity index (χ0v) is 11.2. The van der Waals surface area contributed by atoms with Gasteiger partial charge in [0, 0.05) is 13.6 Å². The summed E-state index contributed by atoms with van der Waals surface area (Å²) in [6.07, 6.45) is 0.185. The van der Waals surface area contributed by atoms with Gasteiger partial charge in [0.15, 0.2) is 6.61 Å². The molecule has 0 fully saturated rings. The summed E-state index contributed by atoms with van der Waals surface area (Å²) in [4.78, 5) is 13.3. The average molecular weight is 251 g/mol. The van der Waals surface area contributed by atoms with Crippen LogP contribution in [0.2, 0.25) is 0 Å². The van der Waals surface area contributed by atoms with Gasteiger partial charge in [0.2, 0.25) is 0 Å². The molecule has 1 unspecified atom stereocenters. The highest BCUT2D eigenvalue weighted by Crippen LogP contribution is 2.15. The van der Waals surface area contributed by atoms with E-state index >= 15 is 0 Å². The second kappa shape index (κ2) is 7.01. The number of hydrogen-bond donors (Lipinski definition) is 1. The van der Waals surface area contributed by atoms with E-state index in [2.05, 4.69) is 0 Å². The number of nitrogens with zero attached hydrogens (tertiary/aromatic N) is 1. The van der Waals surface area contributed by atoms with Gasteiger partial charge in [0.25, 0.3) is 5.91 Å². The molecule has 18 heavy (non-hydrogen) atoms. The second-order valence-corrected chi connectivity index (χ2v) is 4.51. The Bertz CT molecular complexity index is 390. The van der Waals surface area contributed by atoms with Crippen LogP contribution < -0.4 is 4.74 Å². The smallest absolute Gasteiger partial charge is 0.260 e. The van der Waals surface area contributed by atoms with E-state index in [1.807, 2.05) is 31.2 Å². The SMILES string of the molecule is Cc1ccccc1OCC(=O)N(C)CCC(C)O. The average Bonchev–Trinajstić information content (AvgIpc) is 2.34. The summed E-state index contributed by atoms with van der Waals surface area (Å²) in [7, 11) is 1.71. The van der Waals surface area contributed by atoms with E-state index in [4.69, 9.17) is 9.84 Å². The molecule has 0 aliphatic rings. The minimum absolute atomic E-state index is 0.0289. The zero-order valence-electron chi connectivity index (χ0n) is 11.2. The van der Waals surface area contributed by atoms with Crippen molar-refractivity contribution in [3.05, 3.63) is 29.8 Å². The lowest BCUT2D eigenvalue weighted by atomic mass is 10.2. The fourth-order valence-electron chi connectivity index (χ4n) is 1.47. The molecule has 4 nitrogen and oxygen atoms in total. The summed E-state index contributed by atoms with van der Waals surface area (Å²) in [6.45, 7) is 4.22. The molecule has 4 heteroatoms. The highest BCUT2D eigenvalue weighted by Gasteiger charge is 2.10. The van der Waals surface area contributed by atoms with Crippen LogP contribution in [0.3, 0.4) is 0 Å². The Hall–Kier alpha value is -1.55. The lowest BCUT2D eigenvalue weighted by molar-refractivity contribution is -0.132. The highest BCUT2D eigenvalue weighted by molar-refractivity contribution is 5.77. The summed E-state index contributed by atoms with van der Waals surface area (Å²) in [6, 6.07) is 7.60. The number of benzene rings is 1. The van der Waals surface area contributed by atoms with Gasteiger partial charge in [0.05, 0.1) is 6.10 Å². The number of para-hydroxylation sites is 1. The van der Waals surface area contributed by atoms with Gasteiger partial charge in [-0.2, -0.15) is 0 Å². The van der Waals surface area contributed by atoms with Crippen molar-refractivity contribution < 1.29 is 14.6 Å². The van der Waals surface area contributed by atoms with Crippen molar-refractivity contribution in [2.45, 2.75) is 26.4 Å². The number of ether oxygens (including phenoxy) is 1. The largest absolute Gasteiger partial charge is 0.484 e. The number of aryl methyl sites for hydroxylation is 1. The Morgan fingerprint density at radius 1 is 1.44 bits per heavy atom. The molecule has 0 radical (unpaired) electrons. The van der Waals surface area contributed by atoms with E-state index in [9.17, 15) is 4.79 Å². The van der Waals surface area contributed by atoms with Crippen molar-refractivity contribution in [1.29, 1.82) is 0 Å². The molecule has 100 valence electrons. The maximum Gasteiger partial charge on any atom is 0.260 e. The Kier molecular flexibility index (Phi) is 5.65. The molecule has 0 bridgehead atoms. The van der Waals surface area contributed by atoms with Gasteiger partial charge in [-0.05, 0) is 31.9 Å². The minimum Gasteiger partial charge on any atom is -0.484 e. The number of rotatable bonds is 6. The molecule has 0 spiro atoms. The van der Waals surface area contributed by atoms with Crippen molar-refractivity contribution in [2.24, 2.45) is 0 Å². The van der Waals surface area contributed by atoms with Gasteiger partial charge < -0.3 is 14.7 Å². The van der Waals surface area contributed by atoms with Gasteiger partial charge in [-0.15, -0.1) is 0 Å². The quantitative estimate of drug-likeness (QED) is 0.835. The molecular formula is C14H21NO3. The van der Waals surface area contributed by atoms with Crippen molar-refractivity contribution in [1.82, 2.24) is 4.90 Å². The number of hydrogen-bond acceptors (Lipinski definition) is 3. The van der Waals surface area contributed by atoms with Gasteiger partial charge in [0.1, 0.15) is 5.75 Å². The Labute approximate surface area is 108 Å². The summed E-state index contributed by atoms with van der Waals surface area (Å²) < 4.78 is 5.47. The van der Waals surface area contributed by atoms with Crippen LogP contribution in [0.25, 0.3) is 0 Å². The van der Waals surface area contributed by atoms with Gasteiger partial charge in [-0.1, -0.05) is 18.2 Å². The predicted octanol–water partition coefficient (Wildman–Crippen LogP) is 1.60. The first-order valence-corrected chi connectivity index (χ1v) is 6.11. The molecule has 0 aliphatic carbocycles. The lowest BCUT2D eigenvalue weighted by Crippen LogP contribution is -2.33. The molecule has 1 amide bonds. The third-order valence-electron chi connectivity index (χ3n) is 2.75.